The molecule has 0 saturated heterocycles. The summed E-state index contributed by atoms with van der Waals surface area (Å²) in [5.74, 6) is 0. The Morgan fingerprint density at radius 3 is 0.854 bits per heavy atom. The van der Waals surface area contributed by atoms with Crippen molar-refractivity contribution in [2.24, 2.45) is 0 Å². The molecule has 0 amide bonds. The van der Waals surface area contributed by atoms with Crippen molar-refractivity contribution in [2.45, 2.75) is 26.7 Å². The van der Waals surface area contributed by atoms with E-state index in [0.717, 1.165) is 55.5 Å². The Labute approximate surface area is 273 Å². The highest BCUT2D eigenvalue weighted by atomic mass is 15.5. The van der Waals surface area contributed by atoms with Crippen LogP contribution in [-0.2, 0) is 26.7 Å². The SMILES string of the molecule is c1ccc2c(c1)nnn2CN(Cn1nnc2ccccc21)c1ccc(N(Cn2nnc3ccccc32)Cn2nnc3ccccc32)cc1. The lowest BCUT2D eigenvalue weighted by Crippen LogP contribution is -2.31. The van der Waals surface area contributed by atoms with Gasteiger partial charge < -0.3 is 9.80 Å². The van der Waals surface area contributed by atoms with E-state index in [9.17, 15) is 0 Å². The summed E-state index contributed by atoms with van der Waals surface area (Å²) in [7, 11) is 0. The van der Waals surface area contributed by atoms with Crippen molar-refractivity contribution in [3.05, 3.63) is 121 Å². The third-order valence-corrected chi connectivity index (χ3v) is 8.48. The van der Waals surface area contributed by atoms with Crippen LogP contribution in [0.25, 0.3) is 44.1 Å². The average molecular weight is 633 g/mol. The molecule has 14 heteroatoms. The minimum Gasteiger partial charge on any atom is -0.332 e. The quantitative estimate of drug-likeness (QED) is 0.205. The van der Waals surface area contributed by atoms with E-state index in [1.165, 1.54) is 0 Å². The van der Waals surface area contributed by atoms with Gasteiger partial charge in [-0.15, -0.1) is 20.4 Å². The molecule has 0 atom stereocenters. The van der Waals surface area contributed by atoms with Crippen molar-refractivity contribution < 1.29 is 0 Å². The molecule has 0 aliphatic heterocycles. The second kappa shape index (κ2) is 11.6. The lowest BCUT2D eigenvalue weighted by Gasteiger charge is -2.27. The zero-order valence-electron chi connectivity index (χ0n) is 25.6. The fraction of sp³-hybridized carbons (Fsp3) is 0.118. The van der Waals surface area contributed by atoms with Gasteiger partial charge in [-0.2, -0.15) is 0 Å². The normalized spacial score (nSPS) is 11.7. The first-order valence-corrected chi connectivity index (χ1v) is 15.5. The molecule has 234 valence electrons. The van der Waals surface area contributed by atoms with Crippen LogP contribution in [0.3, 0.4) is 0 Å². The molecule has 9 rings (SSSR count). The number of hydrogen-bond acceptors (Lipinski definition) is 10. The number of nitrogens with zero attached hydrogens (tertiary/aromatic N) is 14. The van der Waals surface area contributed by atoms with Crippen LogP contribution < -0.4 is 9.80 Å². The van der Waals surface area contributed by atoms with Crippen LogP contribution in [-0.4, -0.2) is 60.0 Å². The Bertz CT molecular complexity index is 2180. The zero-order chi connectivity index (χ0) is 31.9. The molecule has 0 saturated carbocycles. The summed E-state index contributed by atoms with van der Waals surface area (Å²) in [6.45, 7) is 1.81. The number of hydrogen-bond donors (Lipinski definition) is 0. The first-order chi connectivity index (χ1) is 23.8. The second-order valence-corrected chi connectivity index (χ2v) is 11.5. The molecule has 0 aliphatic rings. The van der Waals surface area contributed by atoms with E-state index in [0.29, 0.717) is 26.7 Å². The predicted molar refractivity (Wildman–Crippen MR) is 182 cm³/mol. The molecule has 0 unspecified atom stereocenters. The Balaban J connectivity index is 1.08. The maximum absolute atomic E-state index is 4.47. The first-order valence-electron chi connectivity index (χ1n) is 15.5. The molecule has 0 aliphatic carbocycles. The fourth-order valence-corrected chi connectivity index (χ4v) is 6.02. The third-order valence-electron chi connectivity index (χ3n) is 8.48. The van der Waals surface area contributed by atoms with Gasteiger partial charge in [-0.25, -0.2) is 18.7 Å². The van der Waals surface area contributed by atoms with Gasteiger partial charge in [-0.3, -0.25) is 0 Å². The van der Waals surface area contributed by atoms with Crippen LogP contribution in [0.1, 0.15) is 0 Å². The summed E-state index contributed by atoms with van der Waals surface area (Å²) < 4.78 is 7.61. The summed E-state index contributed by atoms with van der Waals surface area (Å²) in [4.78, 5) is 4.40. The van der Waals surface area contributed by atoms with Gasteiger partial charge in [0.1, 0.15) is 48.7 Å². The summed E-state index contributed by atoms with van der Waals surface area (Å²) in [6, 6.07) is 40.3. The minimum atomic E-state index is 0.452. The van der Waals surface area contributed by atoms with Gasteiger partial charge in [-0.05, 0) is 72.8 Å². The van der Waals surface area contributed by atoms with Crippen LogP contribution >= 0.6 is 0 Å². The molecule has 0 fully saturated rings. The topological polar surface area (TPSA) is 129 Å². The van der Waals surface area contributed by atoms with E-state index in [2.05, 4.69) is 75.3 Å². The molecule has 5 aromatic carbocycles. The molecular formula is C34H28N14. The maximum atomic E-state index is 4.47. The van der Waals surface area contributed by atoms with Crippen molar-refractivity contribution >= 4 is 55.5 Å². The van der Waals surface area contributed by atoms with Gasteiger partial charge in [0.15, 0.2) is 0 Å². The average Bonchev–Trinajstić information content (AvgIpc) is 3.94. The summed E-state index contributed by atoms with van der Waals surface area (Å²) >= 11 is 0. The first kappa shape index (κ1) is 27.6. The van der Waals surface area contributed by atoms with Crippen molar-refractivity contribution in [3.63, 3.8) is 0 Å². The van der Waals surface area contributed by atoms with E-state index in [-0.39, 0.29) is 0 Å². The number of rotatable bonds is 10. The Morgan fingerprint density at radius 1 is 0.333 bits per heavy atom. The molecule has 4 aromatic heterocycles. The summed E-state index contributed by atoms with van der Waals surface area (Å²) in [5.41, 5.74) is 9.15. The highest BCUT2D eigenvalue weighted by molar-refractivity contribution is 5.76. The van der Waals surface area contributed by atoms with Crippen molar-refractivity contribution in [3.8, 4) is 0 Å². The van der Waals surface area contributed by atoms with Gasteiger partial charge in [-0.1, -0.05) is 69.4 Å². The van der Waals surface area contributed by atoms with Crippen molar-refractivity contribution in [1.82, 2.24) is 60.0 Å². The molecule has 4 heterocycles. The predicted octanol–water partition coefficient (Wildman–Crippen LogP) is 4.91. The maximum Gasteiger partial charge on any atom is 0.116 e. The van der Waals surface area contributed by atoms with E-state index < -0.39 is 0 Å². The molecule has 0 bridgehead atoms. The smallest absolute Gasteiger partial charge is 0.116 e. The van der Waals surface area contributed by atoms with Crippen molar-refractivity contribution in [2.75, 3.05) is 9.80 Å². The summed E-state index contributed by atoms with van der Waals surface area (Å²) in [6.07, 6.45) is 0. The number of aromatic nitrogens is 12. The number of fused-ring (bicyclic) bond motifs is 4. The minimum absolute atomic E-state index is 0.452. The van der Waals surface area contributed by atoms with Crippen LogP contribution in [0.2, 0.25) is 0 Å². The van der Waals surface area contributed by atoms with Gasteiger partial charge in [0.25, 0.3) is 0 Å². The molecule has 0 spiro atoms. The van der Waals surface area contributed by atoms with Crippen molar-refractivity contribution in [1.29, 1.82) is 0 Å². The second-order valence-electron chi connectivity index (χ2n) is 11.5. The zero-order valence-corrected chi connectivity index (χ0v) is 25.6. The van der Waals surface area contributed by atoms with Crippen LogP contribution in [0.4, 0.5) is 11.4 Å². The van der Waals surface area contributed by atoms with E-state index >= 15 is 0 Å². The third kappa shape index (κ3) is 5.01. The number of anilines is 2. The Kier molecular flexibility index (Phi) is 6.66. The Hall–Kier alpha value is -6.70. The number of benzene rings is 5. The molecular weight excluding hydrogens is 604 g/mol. The highest BCUT2D eigenvalue weighted by Crippen LogP contribution is 2.26. The van der Waals surface area contributed by atoms with Gasteiger partial charge in [0.2, 0.25) is 0 Å². The largest absolute Gasteiger partial charge is 0.332 e. The van der Waals surface area contributed by atoms with Gasteiger partial charge in [0, 0.05) is 11.4 Å². The standard InChI is InChI=1S/C34H28N14/c1-5-13-31-27(9-1)35-39-45(31)21-43(22-46-32-14-6-2-10-28(32)36-40-46)25-17-19-26(20-18-25)44(23-47-33-15-7-3-11-29(33)37-41-47)24-48-34-16-8-4-12-30(34)38-42-48/h1-20H,21-24H2. The Morgan fingerprint density at radius 2 is 0.583 bits per heavy atom. The molecule has 0 N–H and O–H groups in total. The monoisotopic (exact) mass is 632 g/mol. The van der Waals surface area contributed by atoms with E-state index in [1.54, 1.807) is 0 Å². The van der Waals surface area contributed by atoms with Crippen LogP contribution in [0.5, 0.6) is 0 Å². The van der Waals surface area contributed by atoms with Crippen LogP contribution in [0, 0.1) is 0 Å². The van der Waals surface area contributed by atoms with E-state index in [4.69, 9.17) is 0 Å². The molecule has 48 heavy (non-hydrogen) atoms. The molecule has 0 radical (unpaired) electrons. The molecule has 14 nitrogen and oxygen atoms in total. The van der Waals surface area contributed by atoms with E-state index in [1.807, 2.05) is 116 Å². The highest BCUT2D eigenvalue weighted by Gasteiger charge is 2.17. The fourth-order valence-electron chi connectivity index (χ4n) is 6.02. The van der Waals surface area contributed by atoms with Gasteiger partial charge >= 0.3 is 0 Å². The lowest BCUT2D eigenvalue weighted by molar-refractivity contribution is 0.495. The lowest BCUT2D eigenvalue weighted by atomic mass is 10.2. The number of para-hydroxylation sites is 4. The van der Waals surface area contributed by atoms with Crippen LogP contribution in [0.15, 0.2) is 121 Å². The molecule has 9 aromatic rings. The summed E-state index contributed by atoms with van der Waals surface area (Å²) in [5, 5.41) is 35.4. The van der Waals surface area contributed by atoms with Gasteiger partial charge in [0.05, 0.1) is 22.1 Å².